The zero-order valence-electron chi connectivity index (χ0n) is 17.0. The first kappa shape index (κ1) is 20.7. The lowest BCUT2D eigenvalue weighted by molar-refractivity contribution is 0.0998. The molecule has 0 N–H and O–H groups in total. The molecule has 6 heteroatoms. The molecule has 3 aromatic rings. The van der Waals surface area contributed by atoms with Crippen LogP contribution in [0.15, 0.2) is 41.4 Å². The van der Waals surface area contributed by atoms with Crippen molar-refractivity contribution in [2.75, 3.05) is 12.0 Å². The van der Waals surface area contributed by atoms with E-state index in [0.717, 1.165) is 28.4 Å². The molecule has 3 rings (SSSR count). The molecule has 1 amide bonds. The number of hydrogen-bond acceptors (Lipinski definition) is 4. The Morgan fingerprint density at radius 1 is 1.21 bits per heavy atom. The van der Waals surface area contributed by atoms with Gasteiger partial charge in [-0.2, -0.15) is 16.8 Å². The molecule has 148 valence electrons. The van der Waals surface area contributed by atoms with Crippen LogP contribution in [0.3, 0.4) is 0 Å². The van der Waals surface area contributed by atoms with Crippen LogP contribution in [0.5, 0.6) is 5.75 Å². The van der Waals surface area contributed by atoms with Gasteiger partial charge in [0.25, 0.3) is 5.91 Å². The van der Waals surface area contributed by atoms with Gasteiger partial charge in [-0.15, -0.1) is 0 Å². The SMILES string of the molecule is CSCCn1c(=NC(=O)c2ccc(OC(C)C)cc2)sc2c(C)cc(C)cc21. The molecular weight excluding hydrogens is 388 g/mol. The van der Waals surface area contributed by atoms with E-state index in [0.29, 0.717) is 5.56 Å². The Bertz CT molecular complexity index is 1050. The van der Waals surface area contributed by atoms with E-state index < -0.39 is 0 Å². The number of amides is 1. The topological polar surface area (TPSA) is 43.6 Å². The highest BCUT2D eigenvalue weighted by molar-refractivity contribution is 7.98. The largest absolute Gasteiger partial charge is 0.491 e. The number of benzene rings is 2. The summed E-state index contributed by atoms with van der Waals surface area (Å²) in [7, 11) is 0. The summed E-state index contributed by atoms with van der Waals surface area (Å²) in [6.07, 6.45) is 2.20. The van der Waals surface area contributed by atoms with Gasteiger partial charge in [0.1, 0.15) is 5.75 Å². The van der Waals surface area contributed by atoms with Gasteiger partial charge >= 0.3 is 0 Å². The van der Waals surface area contributed by atoms with Crippen LogP contribution in [0.2, 0.25) is 0 Å². The Morgan fingerprint density at radius 3 is 2.57 bits per heavy atom. The van der Waals surface area contributed by atoms with Crippen LogP contribution in [-0.4, -0.2) is 28.6 Å². The monoisotopic (exact) mass is 414 g/mol. The number of aryl methyl sites for hydroxylation is 3. The number of nitrogens with zero attached hydrogens (tertiary/aromatic N) is 2. The fourth-order valence-corrected chi connectivity index (χ4v) is 4.57. The second kappa shape index (κ2) is 8.97. The van der Waals surface area contributed by atoms with Crippen LogP contribution < -0.4 is 9.54 Å². The lowest BCUT2D eigenvalue weighted by Gasteiger charge is -2.09. The van der Waals surface area contributed by atoms with Crippen LogP contribution in [0, 0.1) is 13.8 Å². The number of carbonyl (C=O) groups excluding carboxylic acids is 1. The van der Waals surface area contributed by atoms with E-state index in [1.165, 1.54) is 15.8 Å². The number of thiazole rings is 1. The smallest absolute Gasteiger partial charge is 0.279 e. The third-order valence-corrected chi connectivity index (χ3v) is 6.12. The lowest BCUT2D eigenvalue weighted by atomic mass is 10.1. The fourth-order valence-electron chi connectivity index (χ4n) is 3.10. The van der Waals surface area contributed by atoms with Crippen molar-refractivity contribution in [2.24, 2.45) is 4.99 Å². The summed E-state index contributed by atoms with van der Waals surface area (Å²) in [6, 6.07) is 11.6. The Kier molecular flexibility index (Phi) is 6.62. The average Bonchev–Trinajstić information content (AvgIpc) is 2.97. The molecular formula is C22H26N2O2S2. The van der Waals surface area contributed by atoms with Gasteiger partial charge in [-0.3, -0.25) is 4.79 Å². The maximum absolute atomic E-state index is 12.8. The molecule has 0 saturated carbocycles. The van der Waals surface area contributed by atoms with Gasteiger partial charge in [0.15, 0.2) is 4.80 Å². The standard InChI is InChI=1S/C22H26N2O2S2/c1-14(2)26-18-8-6-17(7-9-18)21(25)23-22-24(10-11-27-5)19-13-15(3)12-16(4)20(19)28-22/h6-9,12-14H,10-11H2,1-5H3. The third kappa shape index (κ3) is 4.67. The summed E-state index contributed by atoms with van der Waals surface area (Å²) in [6.45, 7) is 9.01. The summed E-state index contributed by atoms with van der Waals surface area (Å²) in [5.74, 6) is 1.51. The fraction of sp³-hybridized carbons (Fsp3) is 0.364. The number of thioether (sulfide) groups is 1. The zero-order chi connectivity index (χ0) is 20.3. The van der Waals surface area contributed by atoms with E-state index >= 15 is 0 Å². The number of ether oxygens (including phenoxy) is 1. The van der Waals surface area contributed by atoms with Crippen LogP contribution >= 0.6 is 23.1 Å². The van der Waals surface area contributed by atoms with Crippen molar-refractivity contribution < 1.29 is 9.53 Å². The molecule has 1 heterocycles. The van der Waals surface area contributed by atoms with E-state index in [2.05, 4.69) is 41.8 Å². The first-order chi connectivity index (χ1) is 13.4. The minimum atomic E-state index is -0.227. The Morgan fingerprint density at radius 2 is 1.93 bits per heavy atom. The van der Waals surface area contributed by atoms with Crippen LogP contribution in [0.25, 0.3) is 10.2 Å². The Labute approximate surface area is 174 Å². The molecule has 4 nitrogen and oxygen atoms in total. The molecule has 0 bridgehead atoms. The zero-order valence-corrected chi connectivity index (χ0v) is 18.6. The molecule has 0 aliphatic heterocycles. The molecule has 0 radical (unpaired) electrons. The van der Waals surface area contributed by atoms with E-state index in [4.69, 9.17) is 4.74 Å². The van der Waals surface area contributed by atoms with Crippen molar-refractivity contribution in [1.29, 1.82) is 0 Å². The summed E-state index contributed by atoms with van der Waals surface area (Å²) in [5, 5.41) is 0. The van der Waals surface area contributed by atoms with Gasteiger partial charge in [0, 0.05) is 17.9 Å². The number of rotatable bonds is 6. The minimum Gasteiger partial charge on any atom is -0.491 e. The van der Waals surface area contributed by atoms with Crippen molar-refractivity contribution in [1.82, 2.24) is 4.57 Å². The highest BCUT2D eigenvalue weighted by Gasteiger charge is 2.12. The molecule has 0 unspecified atom stereocenters. The normalized spacial score (nSPS) is 12.1. The van der Waals surface area contributed by atoms with E-state index in [-0.39, 0.29) is 12.0 Å². The minimum absolute atomic E-state index is 0.104. The van der Waals surface area contributed by atoms with E-state index in [1.54, 1.807) is 35.2 Å². The first-order valence-corrected chi connectivity index (χ1v) is 11.6. The van der Waals surface area contributed by atoms with Gasteiger partial charge < -0.3 is 9.30 Å². The van der Waals surface area contributed by atoms with Crippen LogP contribution in [0.1, 0.15) is 35.3 Å². The third-order valence-electron chi connectivity index (χ3n) is 4.30. The number of fused-ring (bicyclic) bond motifs is 1. The molecule has 28 heavy (non-hydrogen) atoms. The van der Waals surface area contributed by atoms with Crippen molar-refractivity contribution in [3.63, 3.8) is 0 Å². The predicted octanol–water partition coefficient (Wildman–Crippen LogP) is 5.21. The van der Waals surface area contributed by atoms with Crippen LogP contribution in [0.4, 0.5) is 0 Å². The molecule has 0 spiro atoms. The summed E-state index contributed by atoms with van der Waals surface area (Å²) in [5.41, 5.74) is 4.17. The predicted molar refractivity (Wildman–Crippen MR) is 120 cm³/mol. The van der Waals surface area contributed by atoms with Crippen molar-refractivity contribution in [2.45, 2.75) is 40.3 Å². The summed E-state index contributed by atoms with van der Waals surface area (Å²) >= 11 is 3.38. The van der Waals surface area contributed by atoms with Gasteiger partial charge in [-0.05, 0) is 75.4 Å². The second-order valence-electron chi connectivity index (χ2n) is 7.07. The van der Waals surface area contributed by atoms with Gasteiger partial charge in [-0.1, -0.05) is 17.4 Å². The Balaban J connectivity index is 2.02. The van der Waals surface area contributed by atoms with Gasteiger partial charge in [-0.25, -0.2) is 0 Å². The van der Waals surface area contributed by atoms with Crippen molar-refractivity contribution in [3.05, 3.63) is 57.9 Å². The molecule has 0 saturated heterocycles. The molecule has 0 atom stereocenters. The van der Waals surface area contributed by atoms with Gasteiger partial charge in [0.2, 0.25) is 0 Å². The molecule has 0 aliphatic rings. The summed E-state index contributed by atoms with van der Waals surface area (Å²) < 4.78 is 9.01. The highest BCUT2D eigenvalue weighted by Crippen LogP contribution is 2.24. The molecule has 0 fully saturated rings. The number of hydrogen-bond donors (Lipinski definition) is 0. The summed E-state index contributed by atoms with van der Waals surface area (Å²) in [4.78, 5) is 18.0. The maximum atomic E-state index is 12.8. The maximum Gasteiger partial charge on any atom is 0.279 e. The van der Waals surface area contributed by atoms with Gasteiger partial charge in [0.05, 0.1) is 16.3 Å². The average molecular weight is 415 g/mol. The van der Waals surface area contributed by atoms with Crippen LogP contribution in [-0.2, 0) is 6.54 Å². The van der Waals surface area contributed by atoms with Crippen molar-refractivity contribution >= 4 is 39.2 Å². The lowest BCUT2D eigenvalue weighted by Crippen LogP contribution is -2.18. The molecule has 1 aromatic heterocycles. The quantitative estimate of drug-likeness (QED) is 0.556. The molecule has 2 aromatic carbocycles. The van der Waals surface area contributed by atoms with E-state index in [9.17, 15) is 4.79 Å². The molecule has 0 aliphatic carbocycles. The van der Waals surface area contributed by atoms with Crippen molar-refractivity contribution in [3.8, 4) is 5.75 Å². The van der Waals surface area contributed by atoms with E-state index in [1.807, 2.05) is 26.0 Å². The Hall–Kier alpha value is -2.05. The first-order valence-electron chi connectivity index (χ1n) is 9.34. The number of carbonyl (C=O) groups is 1. The number of aromatic nitrogens is 1. The second-order valence-corrected chi connectivity index (χ2v) is 9.03. The highest BCUT2D eigenvalue weighted by atomic mass is 32.2.